The van der Waals surface area contributed by atoms with E-state index in [0.717, 1.165) is 72.8 Å². The molecule has 1 fully saturated rings. The van der Waals surface area contributed by atoms with E-state index in [0.29, 0.717) is 18.4 Å². The molecule has 0 radical (unpaired) electrons. The normalized spacial score (nSPS) is 18.6. The molecule has 5 nitrogen and oxygen atoms in total. The van der Waals surface area contributed by atoms with Crippen molar-refractivity contribution in [1.82, 2.24) is 9.88 Å². The summed E-state index contributed by atoms with van der Waals surface area (Å²) >= 11 is 0. The van der Waals surface area contributed by atoms with E-state index in [1.165, 1.54) is 0 Å². The number of nitrogens with zero attached hydrogens (tertiary/aromatic N) is 4. The molecule has 32 heavy (non-hydrogen) atoms. The third kappa shape index (κ3) is 4.15. The number of aromatic nitrogens is 1. The monoisotopic (exact) mass is 430 g/mol. The lowest BCUT2D eigenvalue weighted by Crippen LogP contribution is -2.46. The fraction of sp³-hybridized carbons (Fsp3) is 0.346. The summed E-state index contributed by atoms with van der Waals surface area (Å²) in [7, 11) is 0. The van der Waals surface area contributed by atoms with Crippen molar-refractivity contribution in [3.05, 3.63) is 70.4 Å². The number of carbonyl (C=O) groups is 1. The number of aliphatic imine (C=N–C) groups is 1. The molecule has 164 valence electrons. The number of ketones is 1. The minimum absolute atomic E-state index is 0.184. The van der Waals surface area contributed by atoms with Crippen LogP contribution in [0.4, 0.5) is 10.1 Å². The third-order valence-electron chi connectivity index (χ3n) is 6.55. The van der Waals surface area contributed by atoms with Crippen LogP contribution in [-0.4, -0.2) is 48.1 Å². The zero-order valence-corrected chi connectivity index (χ0v) is 18.4. The van der Waals surface area contributed by atoms with E-state index in [-0.39, 0.29) is 11.6 Å². The van der Waals surface area contributed by atoms with Gasteiger partial charge in [0.25, 0.3) is 0 Å². The van der Waals surface area contributed by atoms with Crippen molar-refractivity contribution in [3.8, 4) is 0 Å². The molecule has 1 saturated heterocycles. The molecule has 1 aliphatic carbocycles. The Morgan fingerprint density at radius 1 is 1.12 bits per heavy atom. The van der Waals surface area contributed by atoms with Crippen molar-refractivity contribution in [1.29, 1.82) is 0 Å². The second-order valence-electron chi connectivity index (χ2n) is 8.63. The maximum absolute atomic E-state index is 14.7. The van der Waals surface area contributed by atoms with Crippen molar-refractivity contribution >= 4 is 29.3 Å². The van der Waals surface area contributed by atoms with E-state index in [1.54, 1.807) is 18.5 Å². The molecule has 2 aromatic rings. The van der Waals surface area contributed by atoms with Gasteiger partial charge in [0, 0.05) is 75.4 Å². The van der Waals surface area contributed by atoms with E-state index >= 15 is 0 Å². The van der Waals surface area contributed by atoms with Crippen molar-refractivity contribution in [2.24, 2.45) is 4.99 Å². The lowest BCUT2D eigenvalue weighted by Gasteiger charge is -2.36. The Labute approximate surface area is 188 Å². The van der Waals surface area contributed by atoms with Gasteiger partial charge in [0.2, 0.25) is 0 Å². The molecule has 3 heterocycles. The second-order valence-corrected chi connectivity index (χ2v) is 8.63. The van der Waals surface area contributed by atoms with Crippen LogP contribution in [0.2, 0.25) is 0 Å². The molecule has 5 rings (SSSR count). The van der Waals surface area contributed by atoms with E-state index in [1.807, 2.05) is 31.3 Å². The fourth-order valence-electron chi connectivity index (χ4n) is 4.67. The Morgan fingerprint density at radius 3 is 2.69 bits per heavy atom. The molecule has 6 heteroatoms. The number of allylic oxidation sites excluding steroid dienone is 2. The smallest absolute Gasteiger partial charge is 0.163 e. The molecule has 0 unspecified atom stereocenters. The van der Waals surface area contributed by atoms with Crippen LogP contribution in [0.3, 0.4) is 0 Å². The average molecular weight is 431 g/mol. The molecule has 1 aromatic heterocycles. The summed E-state index contributed by atoms with van der Waals surface area (Å²) in [5.74, 6) is 0.0270. The van der Waals surface area contributed by atoms with Crippen LogP contribution < -0.4 is 4.90 Å². The van der Waals surface area contributed by atoms with Crippen LogP contribution in [0.25, 0.3) is 11.6 Å². The van der Waals surface area contributed by atoms with E-state index < -0.39 is 0 Å². The number of hydrogen-bond acceptors (Lipinski definition) is 5. The highest BCUT2D eigenvalue weighted by Gasteiger charge is 2.21. The van der Waals surface area contributed by atoms with Gasteiger partial charge in [0.05, 0.1) is 5.69 Å². The van der Waals surface area contributed by atoms with Crippen LogP contribution in [0.5, 0.6) is 0 Å². The molecule has 1 aromatic carbocycles. The lowest BCUT2D eigenvalue weighted by molar-refractivity contribution is -0.115. The number of hydrogen-bond donors (Lipinski definition) is 0. The van der Waals surface area contributed by atoms with Gasteiger partial charge in [0.1, 0.15) is 5.82 Å². The molecule has 2 aliphatic heterocycles. The van der Waals surface area contributed by atoms with Gasteiger partial charge in [-0.15, -0.1) is 0 Å². The Kier molecular flexibility index (Phi) is 5.70. The highest BCUT2D eigenvalue weighted by molar-refractivity contribution is 6.03. The van der Waals surface area contributed by atoms with Crippen molar-refractivity contribution in [3.63, 3.8) is 0 Å². The second kappa shape index (κ2) is 8.79. The van der Waals surface area contributed by atoms with Gasteiger partial charge in [0.15, 0.2) is 5.78 Å². The number of anilines is 1. The minimum Gasteiger partial charge on any atom is -0.369 e. The lowest BCUT2D eigenvalue weighted by atomic mass is 9.92. The van der Waals surface area contributed by atoms with E-state index in [9.17, 15) is 9.18 Å². The van der Waals surface area contributed by atoms with Crippen LogP contribution in [0.1, 0.15) is 42.1 Å². The molecule has 0 spiro atoms. The number of pyridine rings is 1. The summed E-state index contributed by atoms with van der Waals surface area (Å²) in [5.41, 5.74) is 6.47. The predicted octanol–water partition coefficient (Wildman–Crippen LogP) is 4.28. The Bertz CT molecular complexity index is 1140. The van der Waals surface area contributed by atoms with Crippen LogP contribution >= 0.6 is 0 Å². The number of benzene rings is 1. The number of piperazine rings is 1. The highest BCUT2D eigenvalue weighted by Crippen LogP contribution is 2.28. The Balaban J connectivity index is 1.21. The quantitative estimate of drug-likeness (QED) is 0.711. The molecule has 0 amide bonds. The minimum atomic E-state index is -0.184. The first-order chi connectivity index (χ1) is 15.6. The van der Waals surface area contributed by atoms with Crippen molar-refractivity contribution in [2.75, 3.05) is 31.1 Å². The third-order valence-corrected chi connectivity index (χ3v) is 6.55. The zero-order valence-electron chi connectivity index (χ0n) is 18.4. The first-order valence-corrected chi connectivity index (χ1v) is 11.3. The van der Waals surface area contributed by atoms with Crippen LogP contribution in [0, 0.1) is 5.82 Å². The molecule has 0 atom stereocenters. The van der Waals surface area contributed by atoms with Gasteiger partial charge in [-0.2, -0.15) is 0 Å². The first kappa shape index (κ1) is 20.8. The predicted molar refractivity (Wildman–Crippen MR) is 126 cm³/mol. The van der Waals surface area contributed by atoms with Crippen molar-refractivity contribution < 1.29 is 9.18 Å². The summed E-state index contributed by atoms with van der Waals surface area (Å²) in [6, 6.07) is 7.66. The van der Waals surface area contributed by atoms with Gasteiger partial charge < -0.3 is 4.90 Å². The maximum atomic E-state index is 14.7. The summed E-state index contributed by atoms with van der Waals surface area (Å²) in [6.07, 6.45) is 9.30. The summed E-state index contributed by atoms with van der Waals surface area (Å²) in [6.45, 7) is 6.33. The SMILES string of the molecule is CCC1=Cc2ncc(CN3CCN(c4ccc(C5=CN=CC5)c(F)c4)CC3)cc2CC1=O. The Morgan fingerprint density at radius 2 is 1.97 bits per heavy atom. The summed E-state index contributed by atoms with van der Waals surface area (Å²) in [5, 5.41) is 0. The summed E-state index contributed by atoms with van der Waals surface area (Å²) in [4.78, 5) is 25.6. The van der Waals surface area contributed by atoms with Gasteiger partial charge >= 0.3 is 0 Å². The van der Waals surface area contributed by atoms with Crippen LogP contribution in [-0.2, 0) is 17.8 Å². The van der Waals surface area contributed by atoms with E-state index in [2.05, 4.69) is 25.8 Å². The molecule has 0 N–H and O–H groups in total. The number of carbonyl (C=O) groups excluding carboxylic acids is 1. The molecule has 0 saturated carbocycles. The molecule has 0 bridgehead atoms. The van der Waals surface area contributed by atoms with Crippen molar-refractivity contribution in [2.45, 2.75) is 32.7 Å². The van der Waals surface area contributed by atoms with Gasteiger partial charge in [-0.25, -0.2) is 4.39 Å². The Hall–Kier alpha value is -3.12. The van der Waals surface area contributed by atoms with Crippen LogP contribution in [0.15, 0.2) is 47.2 Å². The number of fused-ring (bicyclic) bond motifs is 1. The largest absolute Gasteiger partial charge is 0.369 e. The number of rotatable bonds is 5. The number of halogens is 1. The zero-order chi connectivity index (χ0) is 22.1. The fourth-order valence-corrected chi connectivity index (χ4v) is 4.67. The molecular weight excluding hydrogens is 403 g/mol. The topological polar surface area (TPSA) is 48.8 Å². The first-order valence-electron chi connectivity index (χ1n) is 11.3. The summed E-state index contributed by atoms with van der Waals surface area (Å²) < 4.78 is 14.7. The van der Waals surface area contributed by atoms with Gasteiger partial charge in [-0.05, 0) is 53.0 Å². The number of Topliss-reactive ketones (excluding diaryl/α,β-unsaturated/α-hetero) is 1. The average Bonchev–Trinajstić information content (AvgIpc) is 3.34. The standard InChI is InChI=1S/C26H27FN4O/c1-2-19-12-25-21(13-26(19)32)11-18(15-29-25)17-30-7-9-31(10-8-30)22-3-4-23(24(27)14-22)20-5-6-28-16-20/h3-4,6,11-12,14-16H,2,5,7-10,13,17H2,1H3. The highest BCUT2D eigenvalue weighted by atomic mass is 19.1. The van der Waals surface area contributed by atoms with Gasteiger partial charge in [-0.1, -0.05) is 13.0 Å². The maximum Gasteiger partial charge on any atom is 0.163 e. The molecule has 3 aliphatic rings. The molecular formula is C26H27FN4O. The van der Waals surface area contributed by atoms with E-state index in [4.69, 9.17) is 0 Å². The van der Waals surface area contributed by atoms with Gasteiger partial charge in [-0.3, -0.25) is 19.7 Å².